The minimum absolute atomic E-state index is 0.146. The van der Waals surface area contributed by atoms with Gasteiger partial charge in [0, 0.05) is 12.1 Å². The van der Waals surface area contributed by atoms with Gasteiger partial charge in [-0.25, -0.2) is 0 Å². The van der Waals surface area contributed by atoms with Gasteiger partial charge in [0.25, 0.3) is 5.91 Å². The van der Waals surface area contributed by atoms with Crippen molar-refractivity contribution in [3.8, 4) is 5.88 Å². The molecule has 5 heteroatoms. The highest BCUT2D eigenvalue weighted by atomic mass is 16.5. The van der Waals surface area contributed by atoms with Crippen molar-refractivity contribution in [3.63, 3.8) is 0 Å². The molecule has 0 atom stereocenters. The van der Waals surface area contributed by atoms with Crippen molar-refractivity contribution in [2.75, 3.05) is 7.11 Å². The van der Waals surface area contributed by atoms with E-state index in [-0.39, 0.29) is 5.91 Å². The Hall–Kier alpha value is -1.65. The Bertz CT molecular complexity index is 372. The number of aromatic nitrogens is 2. The molecule has 17 heavy (non-hydrogen) atoms. The van der Waals surface area contributed by atoms with Crippen molar-refractivity contribution in [3.05, 3.63) is 17.8 Å². The van der Waals surface area contributed by atoms with E-state index >= 15 is 0 Å². The number of nitrogens with zero attached hydrogens (tertiary/aromatic N) is 2. The van der Waals surface area contributed by atoms with E-state index < -0.39 is 0 Å². The molecule has 1 aromatic heterocycles. The number of hydrogen-bond acceptors (Lipinski definition) is 4. The predicted octanol–water partition coefficient (Wildman–Crippen LogP) is 1.55. The van der Waals surface area contributed by atoms with E-state index in [1.54, 1.807) is 12.1 Å². The molecule has 92 valence electrons. The molecule has 1 N–H and O–H groups in total. The molecular weight excluding hydrogens is 218 g/mol. The number of rotatable bonds is 3. The van der Waals surface area contributed by atoms with E-state index in [0.29, 0.717) is 17.6 Å². The number of ether oxygens (including phenoxy) is 1. The Balaban J connectivity index is 1.93. The summed E-state index contributed by atoms with van der Waals surface area (Å²) in [5.41, 5.74) is 0.344. The number of methoxy groups -OCH3 is 1. The summed E-state index contributed by atoms with van der Waals surface area (Å²) in [6, 6.07) is 3.56. The van der Waals surface area contributed by atoms with E-state index in [2.05, 4.69) is 15.5 Å². The standard InChI is InChI=1S/C12H17N3O2/c1-17-11-8-7-10(14-15-11)12(16)13-9-5-3-2-4-6-9/h7-9H,2-6H2,1H3,(H,13,16). The second-order valence-corrected chi connectivity index (χ2v) is 4.27. The molecule has 0 bridgehead atoms. The third kappa shape index (κ3) is 3.15. The minimum atomic E-state index is -0.146. The maximum Gasteiger partial charge on any atom is 0.272 e. The Morgan fingerprint density at radius 2 is 2.06 bits per heavy atom. The van der Waals surface area contributed by atoms with E-state index in [4.69, 9.17) is 4.74 Å². The summed E-state index contributed by atoms with van der Waals surface area (Å²) in [5.74, 6) is 0.270. The van der Waals surface area contributed by atoms with Crippen LogP contribution < -0.4 is 10.1 Å². The Labute approximate surface area is 101 Å². The fourth-order valence-corrected chi connectivity index (χ4v) is 2.06. The van der Waals surface area contributed by atoms with Crippen LogP contribution >= 0.6 is 0 Å². The lowest BCUT2D eigenvalue weighted by Gasteiger charge is -2.22. The summed E-state index contributed by atoms with van der Waals surface area (Å²) in [7, 11) is 1.52. The first kappa shape index (κ1) is 11.8. The monoisotopic (exact) mass is 235 g/mol. The first-order valence-electron chi connectivity index (χ1n) is 5.98. The summed E-state index contributed by atoms with van der Waals surface area (Å²) in [6.45, 7) is 0. The van der Waals surface area contributed by atoms with Gasteiger partial charge in [0.1, 0.15) is 0 Å². The predicted molar refractivity (Wildman–Crippen MR) is 62.9 cm³/mol. The summed E-state index contributed by atoms with van der Waals surface area (Å²) in [5, 5.41) is 10.6. The van der Waals surface area contributed by atoms with Gasteiger partial charge < -0.3 is 10.1 Å². The second-order valence-electron chi connectivity index (χ2n) is 4.27. The lowest BCUT2D eigenvalue weighted by atomic mass is 9.95. The van der Waals surface area contributed by atoms with E-state index in [1.165, 1.54) is 26.4 Å². The highest BCUT2D eigenvalue weighted by Gasteiger charge is 2.17. The van der Waals surface area contributed by atoms with Crippen molar-refractivity contribution in [2.45, 2.75) is 38.1 Å². The van der Waals surface area contributed by atoms with Crippen LogP contribution in [-0.2, 0) is 0 Å². The van der Waals surface area contributed by atoms with Gasteiger partial charge in [-0.05, 0) is 18.9 Å². The van der Waals surface area contributed by atoms with Crippen LogP contribution in [0.25, 0.3) is 0 Å². The van der Waals surface area contributed by atoms with Crippen molar-refractivity contribution < 1.29 is 9.53 Å². The molecule has 0 unspecified atom stereocenters. The summed E-state index contributed by atoms with van der Waals surface area (Å²) >= 11 is 0. The number of carbonyl (C=O) groups excluding carboxylic acids is 1. The van der Waals surface area contributed by atoms with Crippen LogP contribution in [0.4, 0.5) is 0 Å². The van der Waals surface area contributed by atoms with Crippen LogP contribution in [0, 0.1) is 0 Å². The quantitative estimate of drug-likeness (QED) is 0.863. The first-order valence-corrected chi connectivity index (χ1v) is 5.98. The maximum atomic E-state index is 11.9. The van der Waals surface area contributed by atoms with Crippen LogP contribution in [0.3, 0.4) is 0 Å². The van der Waals surface area contributed by atoms with Gasteiger partial charge in [0.05, 0.1) is 7.11 Å². The summed E-state index contributed by atoms with van der Waals surface area (Å²) in [4.78, 5) is 11.9. The molecule has 1 aliphatic rings. The molecule has 0 aromatic carbocycles. The molecule has 1 amide bonds. The SMILES string of the molecule is COc1ccc(C(=O)NC2CCCCC2)nn1. The van der Waals surface area contributed by atoms with E-state index in [1.807, 2.05) is 0 Å². The molecule has 5 nitrogen and oxygen atoms in total. The molecule has 1 aliphatic carbocycles. The number of amides is 1. The van der Waals surface area contributed by atoms with Crippen LogP contribution in [0.2, 0.25) is 0 Å². The molecular formula is C12H17N3O2. The zero-order chi connectivity index (χ0) is 12.1. The van der Waals surface area contributed by atoms with Gasteiger partial charge in [-0.2, -0.15) is 0 Å². The van der Waals surface area contributed by atoms with Crippen LogP contribution in [-0.4, -0.2) is 29.3 Å². The topological polar surface area (TPSA) is 64.1 Å². The zero-order valence-electron chi connectivity index (χ0n) is 9.98. The molecule has 0 saturated heterocycles. The minimum Gasteiger partial charge on any atom is -0.480 e. The Kier molecular flexibility index (Phi) is 3.90. The lowest BCUT2D eigenvalue weighted by Crippen LogP contribution is -2.36. The third-order valence-electron chi connectivity index (χ3n) is 3.02. The van der Waals surface area contributed by atoms with Gasteiger partial charge in [-0.3, -0.25) is 4.79 Å². The van der Waals surface area contributed by atoms with Crippen LogP contribution in [0.1, 0.15) is 42.6 Å². The Morgan fingerprint density at radius 3 is 2.65 bits per heavy atom. The number of carbonyl (C=O) groups is 1. The van der Waals surface area contributed by atoms with Crippen LogP contribution in [0.5, 0.6) is 5.88 Å². The van der Waals surface area contributed by atoms with Crippen LogP contribution in [0.15, 0.2) is 12.1 Å². The molecule has 1 aromatic rings. The van der Waals surface area contributed by atoms with Gasteiger partial charge in [-0.15, -0.1) is 10.2 Å². The lowest BCUT2D eigenvalue weighted by molar-refractivity contribution is 0.0921. The van der Waals surface area contributed by atoms with Gasteiger partial charge in [0.15, 0.2) is 5.69 Å². The second kappa shape index (κ2) is 5.61. The summed E-state index contributed by atoms with van der Waals surface area (Å²) in [6.07, 6.45) is 5.79. The largest absolute Gasteiger partial charge is 0.480 e. The van der Waals surface area contributed by atoms with E-state index in [9.17, 15) is 4.79 Å². The van der Waals surface area contributed by atoms with Gasteiger partial charge in [-0.1, -0.05) is 19.3 Å². The summed E-state index contributed by atoms with van der Waals surface area (Å²) < 4.78 is 4.89. The number of hydrogen-bond donors (Lipinski definition) is 1. The first-order chi connectivity index (χ1) is 8.29. The Morgan fingerprint density at radius 1 is 1.29 bits per heavy atom. The fourth-order valence-electron chi connectivity index (χ4n) is 2.06. The van der Waals surface area contributed by atoms with Crippen molar-refractivity contribution in [1.29, 1.82) is 0 Å². The van der Waals surface area contributed by atoms with E-state index in [0.717, 1.165) is 12.8 Å². The van der Waals surface area contributed by atoms with Crippen molar-refractivity contribution in [2.24, 2.45) is 0 Å². The van der Waals surface area contributed by atoms with Crippen molar-refractivity contribution >= 4 is 5.91 Å². The molecule has 0 aliphatic heterocycles. The maximum absolute atomic E-state index is 11.9. The average Bonchev–Trinajstić information content (AvgIpc) is 2.40. The van der Waals surface area contributed by atoms with Gasteiger partial charge in [0.2, 0.25) is 5.88 Å². The normalized spacial score (nSPS) is 16.5. The smallest absolute Gasteiger partial charge is 0.272 e. The highest BCUT2D eigenvalue weighted by molar-refractivity contribution is 5.92. The van der Waals surface area contributed by atoms with Gasteiger partial charge >= 0.3 is 0 Å². The molecule has 2 rings (SSSR count). The zero-order valence-corrected chi connectivity index (χ0v) is 9.98. The highest BCUT2D eigenvalue weighted by Crippen LogP contribution is 2.17. The average molecular weight is 235 g/mol. The number of nitrogens with one attached hydrogen (secondary N) is 1. The van der Waals surface area contributed by atoms with Crippen molar-refractivity contribution in [1.82, 2.24) is 15.5 Å². The molecule has 0 radical (unpaired) electrons. The fraction of sp³-hybridized carbons (Fsp3) is 0.583. The molecule has 0 spiro atoms. The molecule has 1 heterocycles. The molecule has 1 fully saturated rings. The third-order valence-corrected chi connectivity index (χ3v) is 3.02. The molecule has 1 saturated carbocycles.